The Balaban J connectivity index is 1.19. The molecule has 1 unspecified atom stereocenters. The fraction of sp³-hybridized carbons (Fsp3) is 0.452. The number of nitrogens with zero attached hydrogens (tertiary/aromatic N) is 2. The Morgan fingerprint density at radius 2 is 1.83 bits per heavy atom. The normalized spacial score (nSPS) is 20.1. The van der Waals surface area contributed by atoms with Crippen LogP contribution in [0.1, 0.15) is 54.4 Å². The van der Waals surface area contributed by atoms with E-state index in [1.54, 1.807) is 6.20 Å². The zero-order chi connectivity index (χ0) is 29.8. The van der Waals surface area contributed by atoms with E-state index in [-0.39, 0.29) is 47.1 Å². The number of aryl methyl sites for hydroxylation is 1. The number of hydrogen-bond acceptors (Lipinski definition) is 6. The molecule has 0 bridgehead atoms. The van der Waals surface area contributed by atoms with E-state index in [2.05, 4.69) is 5.32 Å². The second-order valence-electron chi connectivity index (χ2n) is 11.1. The molecule has 2 aromatic carbocycles. The van der Waals surface area contributed by atoms with E-state index in [1.165, 1.54) is 6.07 Å². The molecule has 1 aliphatic heterocycles. The molecule has 1 aliphatic carbocycles. The molecule has 2 heterocycles. The fourth-order valence-electron chi connectivity index (χ4n) is 5.75. The van der Waals surface area contributed by atoms with Crippen molar-refractivity contribution in [3.63, 3.8) is 0 Å². The number of halogens is 2. The maximum atomic E-state index is 15.1. The van der Waals surface area contributed by atoms with Crippen molar-refractivity contribution < 1.29 is 33.4 Å². The monoisotopic (exact) mass is 599 g/mol. The lowest BCUT2D eigenvalue weighted by Gasteiger charge is -2.33. The number of aromatic nitrogens is 1. The summed E-state index contributed by atoms with van der Waals surface area (Å²) in [5, 5.41) is 12.8. The van der Waals surface area contributed by atoms with Gasteiger partial charge in [0.25, 0.3) is 5.91 Å². The number of hydrogen-bond donors (Lipinski definition) is 2. The molecule has 0 radical (unpaired) electrons. The SMILES string of the molecule is Cn1cc(C(=O)Nc2cc(F)c(CC(=O)COC(O[C@H]3CC[C@H](C(=O)O)CC3)N3CCCC3)cc2Cl)c2ccccc21. The third-order valence-electron chi connectivity index (χ3n) is 8.07. The van der Waals surface area contributed by atoms with Crippen molar-refractivity contribution in [1.29, 1.82) is 0 Å². The minimum Gasteiger partial charge on any atom is -0.481 e. The molecule has 11 heteroatoms. The molecule has 1 saturated carbocycles. The summed E-state index contributed by atoms with van der Waals surface area (Å²) in [6, 6.07) is 9.94. The van der Waals surface area contributed by atoms with Gasteiger partial charge in [-0.2, -0.15) is 0 Å². The number of carboxylic acids is 1. The molecule has 2 N–H and O–H groups in total. The number of carboxylic acid groups (broad SMARTS) is 1. The zero-order valence-electron chi connectivity index (χ0n) is 23.5. The minimum atomic E-state index is -0.779. The zero-order valence-corrected chi connectivity index (χ0v) is 24.2. The average Bonchev–Trinajstić information content (AvgIpc) is 3.63. The number of carbonyl (C=O) groups is 3. The van der Waals surface area contributed by atoms with Crippen molar-refractivity contribution >= 4 is 45.9 Å². The summed E-state index contributed by atoms with van der Waals surface area (Å²) in [6.07, 6.45) is 4.92. The first-order chi connectivity index (χ1) is 20.2. The highest BCUT2D eigenvalue weighted by molar-refractivity contribution is 6.34. The number of amides is 1. The van der Waals surface area contributed by atoms with Crippen LogP contribution in [-0.4, -0.2) is 64.4 Å². The van der Waals surface area contributed by atoms with Crippen LogP contribution in [0.4, 0.5) is 10.1 Å². The Labute approximate surface area is 248 Å². The van der Waals surface area contributed by atoms with Crippen LogP contribution >= 0.6 is 11.6 Å². The quantitative estimate of drug-likeness (QED) is 0.284. The second-order valence-corrected chi connectivity index (χ2v) is 11.5. The molecule has 9 nitrogen and oxygen atoms in total. The molecule has 0 spiro atoms. The lowest BCUT2D eigenvalue weighted by Crippen LogP contribution is -2.42. The Kier molecular flexibility index (Phi) is 9.57. The van der Waals surface area contributed by atoms with E-state index in [9.17, 15) is 19.5 Å². The number of aliphatic carboxylic acids is 1. The van der Waals surface area contributed by atoms with Crippen LogP contribution in [0, 0.1) is 11.7 Å². The Bertz CT molecular complexity index is 1460. The van der Waals surface area contributed by atoms with Gasteiger partial charge in [0.05, 0.1) is 28.3 Å². The topological polar surface area (TPSA) is 110 Å². The molecule has 2 aliphatic rings. The molecule has 1 aromatic heterocycles. The van der Waals surface area contributed by atoms with Crippen LogP contribution in [0.5, 0.6) is 0 Å². The van der Waals surface area contributed by atoms with Crippen molar-refractivity contribution in [3.05, 3.63) is 64.6 Å². The van der Waals surface area contributed by atoms with Crippen molar-refractivity contribution in [3.8, 4) is 0 Å². The van der Waals surface area contributed by atoms with Crippen LogP contribution in [0.2, 0.25) is 5.02 Å². The summed E-state index contributed by atoms with van der Waals surface area (Å²) in [7, 11) is 1.84. The van der Waals surface area contributed by atoms with Gasteiger partial charge in [-0.15, -0.1) is 0 Å². The number of carbonyl (C=O) groups excluding carboxylic acids is 2. The van der Waals surface area contributed by atoms with Crippen LogP contribution in [-0.2, 0) is 32.5 Å². The molecular weight excluding hydrogens is 565 g/mol. The first kappa shape index (κ1) is 30.2. The van der Waals surface area contributed by atoms with Crippen molar-refractivity contribution in [2.45, 2.75) is 57.5 Å². The first-order valence-electron chi connectivity index (χ1n) is 14.3. The highest BCUT2D eigenvalue weighted by atomic mass is 35.5. The standard InChI is InChI=1S/C31H35ClFN3O6/c1-35-17-24(23-6-2-3-7-28(23)35)29(38)34-27-16-26(33)20(15-25(27)32)14-21(37)18-41-31(36-12-4-5-13-36)42-22-10-8-19(9-11-22)30(39)40/h2-3,6-7,15-17,19,22,31H,4-5,8-14,18H2,1H3,(H,34,38)(H,39,40)/t19-,22-,31?. The summed E-state index contributed by atoms with van der Waals surface area (Å²) in [6.45, 7) is 1.28. The van der Waals surface area contributed by atoms with Gasteiger partial charge >= 0.3 is 5.97 Å². The summed E-state index contributed by atoms with van der Waals surface area (Å²) >= 11 is 6.40. The van der Waals surface area contributed by atoms with E-state index in [4.69, 9.17) is 21.1 Å². The van der Waals surface area contributed by atoms with E-state index >= 15 is 4.39 Å². The van der Waals surface area contributed by atoms with Crippen LogP contribution in [0.3, 0.4) is 0 Å². The van der Waals surface area contributed by atoms with Gasteiger partial charge in [-0.1, -0.05) is 29.8 Å². The predicted octanol–water partition coefficient (Wildman–Crippen LogP) is 5.39. The summed E-state index contributed by atoms with van der Waals surface area (Å²) in [5.74, 6) is -2.56. The minimum absolute atomic E-state index is 0.0994. The van der Waals surface area contributed by atoms with Crippen molar-refractivity contribution in [2.75, 3.05) is 25.0 Å². The summed E-state index contributed by atoms with van der Waals surface area (Å²) in [4.78, 5) is 39.1. The first-order valence-corrected chi connectivity index (χ1v) is 14.7. The lowest BCUT2D eigenvalue weighted by molar-refractivity contribution is -0.243. The second kappa shape index (κ2) is 13.3. The Morgan fingerprint density at radius 1 is 1.12 bits per heavy atom. The lowest BCUT2D eigenvalue weighted by atomic mass is 9.87. The van der Waals surface area contributed by atoms with Gasteiger partial charge in [-0.05, 0) is 62.3 Å². The highest BCUT2D eigenvalue weighted by Gasteiger charge is 2.31. The maximum absolute atomic E-state index is 15.1. The van der Waals surface area contributed by atoms with Gasteiger partial charge in [0, 0.05) is 43.7 Å². The van der Waals surface area contributed by atoms with Crippen molar-refractivity contribution in [1.82, 2.24) is 9.47 Å². The fourth-order valence-corrected chi connectivity index (χ4v) is 5.99. The molecule has 1 amide bonds. The third kappa shape index (κ3) is 7.00. The van der Waals surface area contributed by atoms with E-state index in [1.807, 2.05) is 40.8 Å². The van der Waals surface area contributed by atoms with E-state index < -0.39 is 24.1 Å². The summed E-state index contributed by atoms with van der Waals surface area (Å²) in [5.41, 5.74) is 1.53. The molecule has 224 valence electrons. The number of para-hydroxylation sites is 1. The smallest absolute Gasteiger partial charge is 0.306 e. The number of fused-ring (bicyclic) bond motifs is 1. The van der Waals surface area contributed by atoms with E-state index in [0.717, 1.165) is 42.9 Å². The molecule has 5 rings (SSSR count). The van der Waals surface area contributed by atoms with Gasteiger partial charge in [-0.3, -0.25) is 19.3 Å². The third-order valence-corrected chi connectivity index (χ3v) is 8.38. The van der Waals surface area contributed by atoms with Gasteiger partial charge in [0.2, 0.25) is 6.41 Å². The number of anilines is 1. The number of ketones is 1. The number of benzene rings is 2. The van der Waals surface area contributed by atoms with Gasteiger partial charge in [0.15, 0.2) is 5.78 Å². The van der Waals surface area contributed by atoms with Crippen LogP contribution in [0.25, 0.3) is 10.9 Å². The van der Waals surface area contributed by atoms with E-state index in [0.29, 0.717) is 31.2 Å². The van der Waals surface area contributed by atoms with Crippen molar-refractivity contribution in [2.24, 2.45) is 13.0 Å². The Hall–Kier alpha value is -3.31. The van der Waals surface area contributed by atoms with Gasteiger partial charge in [-0.25, -0.2) is 4.39 Å². The highest BCUT2D eigenvalue weighted by Crippen LogP contribution is 2.30. The van der Waals surface area contributed by atoms with Crippen LogP contribution in [0.15, 0.2) is 42.6 Å². The number of rotatable bonds is 11. The number of ether oxygens (including phenoxy) is 2. The average molecular weight is 600 g/mol. The Morgan fingerprint density at radius 3 is 2.55 bits per heavy atom. The van der Waals surface area contributed by atoms with Gasteiger partial charge < -0.3 is 24.5 Å². The largest absolute Gasteiger partial charge is 0.481 e. The molecule has 3 aromatic rings. The molecule has 1 atom stereocenters. The molecular formula is C31H35ClFN3O6. The number of likely N-dealkylation sites (tertiary alicyclic amines) is 1. The number of nitrogens with one attached hydrogen (secondary N) is 1. The summed E-state index contributed by atoms with van der Waals surface area (Å²) < 4.78 is 29.0. The molecule has 2 fully saturated rings. The maximum Gasteiger partial charge on any atom is 0.306 e. The van der Waals surface area contributed by atoms with Crippen LogP contribution < -0.4 is 5.32 Å². The van der Waals surface area contributed by atoms with Gasteiger partial charge in [0.1, 0.15) is 12.4 Å². The number of Topliss-reactive ketones (excluding diaryl/α,β-unsaturated/α-hetero) is 1. The molecule has 42 heavy (non-hydrogen) atoms. The molecule has 1 saturated heterocycles. The predicted molar refractivity (Wildman–Crippen MR) is 156 cm³/mol.